The Labute approximate surface area is 147 Å². The average Bonchev–Trinajstić information content (AvgIpc) is 3.15. The molecule has 4 aromatic rings. The molecule has 0 aliphatic carbocycles. The first-order chi connectivity index (χ1) is 12.1. The van der Waals surface area contributed by atoms with Crippen LogP contribution in [0.4, 0.5) is 5.69 Å². The summed E-state index contributed by atoms with van der Waals surface area (Å²) in [4.78, 5) is 17.0. The van der Waals surface area contributed by atoms with Crippen molar-refractivity contribution in [3.05, 3.63) is 58.6 Å². The number of carbonyl (C=O) groups is 1. The normalized spacial score (nSPS) is 17.0. The van der Waals surface area contributed by atoms with Crippen LogP contribution in [0.15, 0.2) is 36.7 Å². The Bertz CT molecular complexity index is 1160. The van der Waals surface area contributed by atoms with Crippen LogP contribution in [0, 0.1) is 6.92 Å². The first-order valence-electron chi connectivity index (χ1n) is 8.01. The lowest BCUT2D eigenvalue weighted by molar-refractivity contribution is -0.116. The summed E-state index contributed by atoms with van der Waals surface area (Å²) in [6.45, 7) is 1.97. The highest BCUT2D eigenvalue weighted by Crippen LogP contribution is 2.40. The van der Waals surface area contributed by atoms with Crippen LogP contribution in [0.2, 0.25) is 5.02 Å². The van der Waals surface area contributed by atoms with Crippen molar-refractivity contribution in [3.8, 4) is 0 Å². The first-order valence-corrected chi connectivity index (χ1v) is 8.39. The number of amides is 1. The number of rotatable bonds is 1. The monoisotopic (exact) mass is 351 g/mol. The standard InChI is InChI=1S/C18H14ClN5O/c1-9-18(24-8-11(19)2-3-16(24)21-9)13-5-17(25)22-15-6-14-10(4-12(13)15)7-20-23-14/h2-4,6-8,13H,5H2,1H3,(H,20,23)(H,22,25)/t13-/m0/s1. The molecule has 1 amide bonds. The summed E-state index contributed by atoms with van der Waals surface area (Å²) in [5, 5.41) is 11.7. The highest BCUT2D eigenvalue weighted by molar-refractivity contribution is 6.30. The summed E-state index contributed by atoms with van der Waals surface area (Å²) in [5.74, 6) is -0.0933. The Morgan fingerprint density at radius 1 is 1.32 bits per heavy atom. The number of nitrogens with zero attached hydrogens (tertiary/aromatic N) is 3. The number of fused-ring (bicyclic) bond motifs is 3. The van der Waals surface area contributed by atoms with Gasteiger partial charge in [-0.2, -0.15) is 5.10 Å². The van der Waals surface area contributed by atoms with Gasteiger partial charge in [0, 0.05) is 29.6 Å². The van der Waals surface area contributed by atoms with E-state index in [0.717, 1.165) is 39.2 Å². The number of aromatic amines is 1. The zero-order valence-electron chi connectivity index (χ0n) is 13.4. The topological polar surface area (TPSA) is 75.1 Å². The summed E-state index contributed by atoms with van der Waals surface area (Å²) in [7, 11) is 0. The number of hydrogen-bond acceptors (Lipinski definition) is 3. The van der Waals surface area contributed by atoms with Crippen molar-refractivity contribution in [2.75, 3.05) is 5.32 Å². The fourth-order valence-electron chi connectivity index (χ4n) is 3.72. The molecule has 6 nitrogen and oxygen atoms in total. The van der Waals surface area contributed by atoms with Gasteiger partial charge >= 0.3 is 0 Å². The van der Waals surface area contributed by atoms with E-state index >= 15 is 0 Å². The molecule has 0 spiro atoms. The number of anilines is 1. The molecular weight excluding hydrogens is 338 g/mol. The van der Waals surface area contributed by atoms with E-state index < -0.39 is 0 Å². The quantitative estimate of drug-likeness (QED) is 0.549. The van der Waals surface area contributed by atoms with Gasteiger partial charge in [0.2, 0.25) is 5.91 Å². The highest BCUT2D eigenvalue weighted by atomic mass is 35.5. The van der Waals surface area contributed by atoms with Gasteiger partial charge in [-0.25, -0.2) is 4.98 Å². The summed E-state index contributed by atoms with van der Waals surface area (Å²) < 4.78 is 1.99. The van der Waals surface area contributed by atoms with E-state index in [1.807, 2.05) is 35.7 Å². The third-order valence-electron chi connectivity index (χ3n) is 4.78. The van der Waals surface area contributed by atoms with Crippen LogP contribution in [0.25, 0.3) is 16.6 Å². The minimum absolute atomic E-state index is 0.00672. The third-order valence-corrected chi connectivity index (χ3v) is 5.01. The molecule has 25 heavy (non-hydrogen) atoms. The molecule has 0 saturated carbocycles. The summed E-state index contributed by atoms with van der Waals surface area (Å²) in [6.07, 6.45) is 4.02. The lowest BCUT2D eigenvalue weighted by atomic mass is 9.86. The van der Waals surface area contributed by atoms with Crippen molar-refractivity contribution in [2.45, 2.75) is 19.3 Å². The second-order valence-electron chi connectivity index (χ2n) is 6.36. The van der Waals surface area contributed by atoms with Gasteiger partial charge in [-0.05, 0) is 36.8 Å². The summed E-state index contributed by atoms with van der Waals surface area (Å²) in [6, 6.07) is 7.74. The fraction of sp³-hybridized carbons (Fsp3) is 0.167. The van der Waals surface area contributed by atoms with Crippen molar-refractivity contribution in [2.24, 2.45) is 0 Å². The van der Waals surface area contributed by atoms with E-state index in [0.29, 0.717) is 11.4 Å². The van der Waals surface area contributed by atoms with Crippen LogP contribution in [0.3, 0.4) is 0 Å². The van der Waals surface area contributed by atoms with Gasteiger partial charge in [-0.1, -0.05) is 11.6 Å². The van der Waals surface area contributed by atoms with E-state index in [4.69, 9.17) is 11.6 Å². The number of nitrogens with one attached hydrogen (secondary N) is 2. The summed E-state index contributed by atoms with van der Waals surface area (Å²) in [5.41, 5.74) is 5.51. The second-order valence-corrected chi connectivity index (χ2v) is 6.80. The molecule has 0 radical (unpaired) electrons. The maximum Gasteiger partial charge on any atom is 0.225 e. The molecule has 1 aliphatic heterocycles. The molecule has 4 heterocycles. The van der Waals surface area contributed by atoms with Gasteiger partial charge in [0.1, 0.15) is 5.65 Å². The number of imidazole rings is 1. The van der Waals surface area contributed by atoms with Gasteiger partial charge in [-0.3, -0.25) is 9.89 Å². The van der Waals surface area contributed by atoms with Gasteiger partial charge in [0.25, 0.3) is 0 Å². The summed E-state index contributed by atoms with van der Waals surface area (Å²) >= 11 is 6.19. The van der Waals surface area contributed by atoms with Crippen molar-refractivity contribution in [3.63, 3.8) is 0 Å². The number of aryl methyl sites for hydroxylation is 1. The number of aromatic nitrogens is 4. The molecular formula is C18H14ClN5O. The molecule has 7 heteroatoms. The molecule has 3 aromatic heterocycles. The van der Waals surface area contributed by atoms with E-state index in [2.05, 4.69) is 26.6 Å². The molecule has 0 bridgehead atoms. The lowest BCUT2D eigenvalue weighted by Gasteiger charge is -2.26. The Balaban J connectivity index is 1.79. The number of benzene rings is 1. The molecule has 0 unspecified atom stereocenters. The van der Waals surface area contributed by atoms with Crippen LogP contribution in [-0.4, -0.2) is 25.5 Å². The minimum atomic E-state index is -0.0866. The Kier molecular flexibility index (Phi) is 2.93. The lowest BCUT2D eigenvalue weighted by Crippen LogP contribution is -2.24. The number of halogens is 1. The van der Waals surface area contributed by atoms with Crippen LogP contribution in [0.5, 0.6) is 0 Å². The van der Waals surface area contributed by atoms with Crippen molar-refractivity contribution in [1.29, 1.82) is 0 Å². The molecule has 2 N–H and O–H groups in total. The largest absolute Gasteiger partial charge is 0.326 e. The second kappa shape index (κ2) is 5.07. The number of carbonyl (C=O) groups excluding carboxylic acids is 1. The van der Waals surface area contributed by atoms with Crippen LogP contribution < -0.4 is 5.32 Å². The Hall–Kier alpha value is -2.86. The Morgan fingerprint density at radius 3 is 3.08 bits per heavy atom. The van der Waals surface area contributed by atoms with Gasteiger partial charge in [0.15, 0.2) is 0 Å². The number of hydrogen-bond donors (Lipinski definition) is 2. The van der Waals surface area contributed by atoms with Gasteiger partial charge in [0.05, 0.1) is 28.1 Å². The molecule has 0 saturated heterocycles. The van der Waals surface area contributed by atoms with Gasteiger partial charge < -0.3 is 9.72 Å². The average molecular weight is 352 g/mol. The van der Waals surface area contributed by atoms with Crippen LogP contribution in [-0.2, 0) is 4.79 Å². The molecule has 0 fully saturated rings. The van der Waals surface area contributed by atoms with E-state index in [-0.39, 0.29) is 11.8 Å². The SMILES string of the molecule is Cc1nc2ccc(Cl)cn2c1[C@H]1CC(=O)Nc2cc3[nH]ncc3cc21. The van der Waals surface area contributed by atoms with Crippen molar-refractivity contribution >= 4 is 39.7 Å². The van der Waals surface area contributed by atoms with Crippen LogP contribution >= 0.6 is 11.6 Å². The third kappa shape index (κ3) is 2.14. The zero-order valence-corrected chi connectivity index (χ0v) is 14.1. The van der Waals surface area contributed by atoms with Gasteiger partial charge in [-0.15, -0.1) is 0 Å². The first kappa shape index (κ1) is 14.5. The molecule has 1 atom stereocenters. The van der Waals surface area contributed by atoms with E-state index in [9.17, 15) is 4.79 Å². The molecule has 1 aromatic carbocycles. The zero-order chi connectivity index (χ0) is 17.1. The fourth-order valence-corrected chi connectivity index (χ4v) is 3.88. The predicted molar refractivity (Wildman–Crippen MR) is 96.1 cm³/mol. The Morgan fingerprint density at radius 2 is 2.20 bits per heavy atom. The smallest absolute Gasteiger partial charge is 0.225 e. The predicted octanol–water partition coefficient (Wildman–Crippen LogP) is 3.65. The van der Waals surface area contributed by atoms with E-state index in [1.54, 1.807) is 6.20 Å². The molecule has 1 aliphatic rings. The van der Waals surface area contributed by atoms with Crippen LogP contribution in [0.1, 0.15) is 29.3 Å². The number of pyridine rings is 1. The number of H-pyrrole nitrogens is 1. The molecule has 124 valence electrons. The van der Waals surface area contributed by atoms with E-state index in [1.165, 1.54) is 0 Å². The van der Waals surface area contributed by atoms with Crippen molar-refractivity contribution in [1.82, 2.24) is 19.6 Å². The minimum Gasteiger partial charge on any atom is -0.326 e. The highest BCUT2D eigenvalue weighted by Gasteiger charge is 2.31. The molecule has 5 rings (SSSR count). The maximum absolute atomic E-state index is 12.3. The maximum atomic E-state index is 12.3. The van der Waals surface area contributed by atoms with Crippen molar-refractivity contribution < 1.29 is 4.79 Å².